The van der Waals surface area contributed by atoms with Crippen LogP contribution in [0.5, 0.6) is 0 Å². The van der Waals surface area contributed by atoms with Gasteiger partial charge in [-0.15, -0.1) is 0 Å². The first-order chi connectivity index (χ1) is 19.3. The minimum absolute atomic E-state index is 0.126. The number of hydrogen-bond donors (Lipinski definition) is 2. The maximum atomic E-state index is 14.4. The summed E-state index contributed by atoms with van der Waals surface area (Å²) in [6.45, 7) is 9.71. The average Bonchev–Trinajstić information content (AvgIpc) is 3.35. The molecule has 10 nitrogen and oxygen atoms in total. The standard InChI is InChI=1S/C28H43F2N5O5S/c1-18-5-7-19(8-6-18)23(40-26(38)33-27(2,3)4)24(37)32-25-31-15-21(41-25)20(16-34-11-13-39-14-12-34)35-17-28(29,30)10-9-22(35)36/h15,18-20,23H,5-14,16-17H2,1-4H3,(H,33,38)(H,31,32,37). The quantitative estimate of drug-likeness (QED) is 0.455. The van der Waals surface area contributed by atoms with E-state index >= 15 is 0 Å². The number of morpholine rings is 1. The zero-order valence-electron chi connectivity index (χ0n) is 24.4. The number of hydrogen-bond acceptors (Lipinski definition) is 8. The van der Waals surface area contributed by atoms with E-state index in [0.29, 0.717) is 43.6 Å². The number of ether oxygens (including phenoxy) is 2. The molecule has 13 heteroatoms. The fourth-order valence-corrected chi connectivity index (χ4v) is 6.51. The summed E-state index contributed by atoms with van der Waals surface area (Å²) in [5.41, 5.74) is -0.526. The highest BCUT2D eigenvalue weighted by atomic mass is 32.1. The molecule has 0 spiro atoms. The topological polar surface area (TPSA) is 113 Å². The number of anilines is 1. The molecule has 0 aromatic carbocycles. The number of rotatable bonds is 8. The van der Waals surface area contributed by atoms with Gasteiger partial charge in [-0.3, -0.25) is 19.8 Å². The minimum atomic E-state index is -2.96. The van der Waals surface area contributed by atoms with Gasteiger partial charge in [-0.1, -0.05) is 31.1 Å². The van der Waals surface area contributed by atoms with E-state index in [-0.39, 0.29) is 23.4 Å². The van der Waals surface area contributed by atoms with Crippen molar-refractivity contribution in [2.24, 2.45) is 11.8 Å². The molecule has 1 saturated carbocycles. The maximum absolute atomic E-state index is 14.4. The molecule has 2 saturated heterocycles. The highest BCUT2D eigenvalue weighted by Crippen LogP contribution is 2.37. The number of alkyl halides is 2. The lowest BCUT2D eigenvalue weighted by Gasteiger charge is -2.40. The molecule has 1 aromatic rings. The third kappa shape index (κ3) is 9.05. The molecule has 2 N–H and O–H groups in total. The molecular formula is C28H43F2N5O5S. The maximum Gasteiger partial charge on any atom is 0.408 e. The Bertz CT molecular complexity index is 1070. The first kappa shape index (κ1) is 31.6. The Morgan fingerprint density at radius 3 is 2.56 bits per heavy atom. The van der Waals surface area contributed by atoms with Gasteiger partial charge in [0.1, 0.15) is 0 Å². The highest BCUT2D eigenvalue weighted by molar-refractivity contribution is 7.15. The Labute approximate surface area is 244 Å². The molecule has 0 radical (unpaired) electrons. The Morgan fingerprint density at radius 1 is 1.22 bits per heavy atom. The molecule has 3 fully saturated rings. The summed E-state index contributed by atoms with van der Waals surface area (Å²) >= 11 is 1.15. The number of thiazole rings is 1. The monoisotopic (exact) mass is 599 g/mol. The van der Waals surface area contributed by atoms with E-state index < -0.39 is 48.6 Å². The number of aromatic nitrogens is 1. The Balaban J connectivity index is 1.51. The van der Waals surface area contributed by atoms with Crippen molar-refractivity contribution in [3.05, 3.63) is 11.1 Å². The van der Waals surface area contributed by atoms with Crippen LogP contribution < -0.4 is 10.6 Å². The second-order valence-corrected chi connectivity index (χ2v) is 13.6. The number of carbonyl (C=O) groups is 3. The summed E-state index contributed by atoms with van der Waals surface area (Å²) in [6.07, 6.45) is 2.61. The molecule has 1 aromatic heterocycles. The van der Waals surface area contributed by atoms with Crippen LogP contribution >= 0.6 is 11.3 Å². The number of alkyl carbamates (subject to hydrolysis) is 1. The molecule has 230 valence electrons. The van der Waals surface area contributed by atoms with Crippen LogP contribution in [-0.4, -0.2) is 89.6 Å². The zero-order valence-corrected chi connectivity index (χ0v) is 25.2. The van der Waals surface area contributed by atoms with Crippen molar-refractivity contribution in [3.63, 3.8) is 0 Å². The van der Waals surface area contributed by atoms with Crippen molar-refractivity contribution in [1.29, 1.82) is 0 Å². The number of nitrogens with zero attached hydrogens (tertiary/aromatic N) is 3. The predicted molar refractivity (Wildman–Crippen MR) is 151 cm³/mol. The van der Waals surface area contributed by atoms with E-state index in [1.54, 1.807) is 0 Å². The number of halogens is 2. The van der Waals surface area contributed by atoms with Crippen molar-refractivity contribution in [2.45, 2.75) is 89.8 Å². The van der Waals surface area contributed by atoms with Crippen molar-refractivity contribution < 1.29 is 32.6 Å². The molecule has 0 bridgehead atoms. The third-order valence-electron chi connectivity index (χ3n) is 7.88. The van der Waals surface area contributed by atoms with E-state index in [1.807, 2.05) is 20.8 Å². The van der Waals surface area contributed by atoms with Crippen LogP contribution in [0.2, 0.25) is 0 Å². The summed E-state index contributed by atoms with van der Waals surface area (Å²) in [4.78, 5) is 47.3. The fourth-order valence-electron chi connectivity index (χ4n) is 5.58. The largest absolute Gasteiger partial charge is 0.436 e. The van der Waals surface area contributed by atoms with Crippen LogP contribution in [0.1, 0.15) is 77.1 Å². The first-order valence-electron chi connectivity index (χ1n) is 14.5. The van der Waals surface area contributed by atoms with Crippen LogP contribution in [0.4, 0.5) is 18.7 Å². The molecule has 3 aliphatic rings. The van der Waals surface area contributed by atoms with Gasteiger partial charge in [0.05, 0.1) is 30.7 Å². The lowest BCUT2D eigenvalue weighted by Crippen LogP contribution is -2.51. The SMILES string of the molecule is CC1CCC(C(OC(=O)NC(C)(C)C)C(=O)Nc2ncc(C(CN3CCOCC3)N3CC(F)(F)CCC3=O)s2)CC1. The van der Waals surface area contributed by atoms with Crippen molar-refractivity contribution in [1.82, 2.24) is 20.1 Å². The van der Waals surface area contributed by atoms with Gasteiger partial charge in [0.15, 0.2) is 11.2 Å². The summed E-state index contributed by atoms with van der Waals surface area (Å²) in [6, 6.07) is -0.639. The van der Waals surface area contributed by atoms with E-state index in [2.05, 4.69) is 27.4 Å². The smallest absolute Gasteiger partial charge is 0.408 e. The summed E-state index contributed by atoms with van der Waals surface area (Å²) in [7, 11) is 0. The van der Waals surface area contributed by atoms with E-state index in [4.69, 9.17) is 9.47 Å². The summed E-state index contributed by atoms with van der Waals surface area (Å²) in [5.74, 6) is -3.33. The number of amides is 3. The Hall–Kier alpha value is -2.38. The fraction of sp³-hybridized carbons (Fsp3) is 0.786. The average molecular weight is 600 g/mol. The molecule has 3 amide bonds. The second-order valence-electron chi connectivity index (χ2n) is 12.6. The molecule has 1 aliphatic carbocycles. The summed E-state index contributed by atoms with van der Waals surface area (Å²) < 4.78 is 39.9. The van der Waals surface area contributed by atoms with Crippen LogP contribution in [0.15, 0.2) is 6.20 Å². The normalized spacial score (nSPS) is 25.3. The lowest BCUT2D eigenvalue weighted by molar-refractivity contribution is -0.152. The van der Waals surface area contributed by atoms with Gasteiger partial charge in [0.25, 0.3) is 11.8 Å². The third-order valence-corrected chi connectivity index (χ3v) is 8.89. The lowest BCUT2D eigenvalue weighted by atomic mass is 9.80. The molecule has 4 rings (SSSR count). The van der Waals surface area contributed by atoms with Crippen molar-refractivity contribution in [2.75, 3.05) is 44.7 Å². The Kier molecular flexibility index (Phi) is 10.2. The van der Waals surface area contributed by atoms with Gasteiger partial charge in [-0.25, -0.2) is 18.6 Å². The first-order valence-corrected chi connectivity index (χ1v) is 15.3. The van der Waals surface area contributed by atoms with Gasteiger partial charge >= 0.3 is 6.09 Å². The van der Waals surface area contributed by atoms with Gasteiger partial charge in [0.2, 0.25) is 5.91 Å². The van der Waals surface area contributed by atoms with Gasteiger partial charge < -0.3 is 19.7 Å². The molecule has 41 heavy (non-hydrogen) atoms. The van der Waals surface area contributed by atoms with Gasteiger partial charge in [-0.2, -0.15) is 0 Å². The van der Waals surface area contributed by atoms with E-state index in [9.17, 15) is 23.2 Å². The number of piperidine rings is 1. The van der Waals surface area contributed by atoms with E-state index in [0.717, 1.165) is 37.0 Å². The molecule has 3 heterocycles. The van der Waals surface area contributed by atoms with Crippen LogP contribution in [0.3, 0.4) is 0 Å². The van der Waals surface area contributed by atoms with Crippen LogP contribution in [-0.2, 0) is 19.1 Å². The molecular weight excluding hydrogens is 556 g/mol. The minimum Gasteiger partial charge on any atom is -0.436 e. The van der Waals surface area contributed by atoms with Crippen molar-refractivity contribution in [3.8, 4) is 0 Å². The number of likely N-dealkylation sites (tertiary alicyclic amines) is 1. The summed E-state index contributed by atoms with van der Waals surface area (Å²) in [5, 5.41) is 5.83. The molecule has 2 atom stereocenters. The Morgan fingerprint density at radius 2 is 1.90 bits per heavy atom. The van der Waals surface area contributed by atoms with E-state index in [1.165, 1.54) is 11.1 Å². The van der Waals surface area contributed by atoms with Gasteiger partial charge in [0, 0.05) is 50.1 Å². The zero-order chi connectivity index (χ0) is 29.8. The van der Waals surface area contributed by atoms with Crippen LogP contribution in [0, 0.1) is 11.8 Å². The number of carbonyl (C=O) groups excluding carboxylic acids is 3. The molecule has 2 unspecified atom stereocenters. The highest BCUT2D eigenvalue weighted by Gasteiger charge is 2.43. The van der Waals surface area contributed by atoms with Crippen LogP contribution in [0.25, 0.3) is 0 Å². The number of nitrogens with one attached hydrogen (secondary N) is 2. The van der Waals surface area contributed by atoms with Gasteiger partial charge in [-0.05, 0) is 39.5 Å². The second kappa shape index (κ2) is 13.3. The predicted octanol–water partition coefficient (Wildman–Crippen LogP) is 4.43. The molecule has 2 aliphatic heterocycles. The van der Waals surface area contributed by atoms with Crippen molar-refractivity contribution >= 4 is 34.4 Å².